The molecule has 1 saturated heterocycles. The molecule has 1 aliphatic heterocycles. The van der Waals surface area contributed by atoms with Crippen LogP contribution in [0.5, 0.6) is 0 Å². The van der Waals surface area contributed by atoms with E-state index in [1.807, 2.05) is 25.1 Å². The minimum atomic E-state index is -0.610. The second-order valence-electron chi connectivity index (χ2n) is 6.15. The number of carbonyl (C=O) groups excluding carboxylic acids is 1. The summed E-state index contributed by atoms with van der Waals surface area (Å²) < 4.78 is 0. The van der Waals surface area contributed by atoms with Crippen LogP contribution in [0.3, 0.4) is 0 Å². The molecule has 0 amide bonds. The van der Waals surface area contributed by atoms with Crippen LogP contribution >= 0.6 is 11.3 Å². The third-order valence-electron chi connectivity index (χ3n) is 3.65. The Morgan fingerprint density at radius 1 is 1.55 bits per heavy atom. The van der Waals surface area contributed by atoms with Gasteiger partial charge in [-0.2, -0.15) is 0 Å². The zero-order valence-corrected chi connectivity index (χ0v) is 13.4. The molecular formula is C15H24N2O2S. The quantitative estimate of drug-likeness (QED) is 0.842. The van der Waals surface area contributed by atoms with E-state index in [-0.39, 0.29) is 5.78 Å². The number of likely N-dealkylation sites (N-methyl/N-ethyl adjacent to an activating group) is 1. The summed E-state index contributed by atoms with van der Waals surface area (Å²) in [4.78, 5) is 16.5. The van der Waals surface area contributed by atoms with Gasteiger partial charge in [0, 0.05) is 19.6 Å². The smallest absolute Gasteiger partial charge is 0.169 e. The van der Waals surface area contributed by atoms with E-state index in [1.54, 1.807) is 6.92 Å². The lowest BCUT2D eigenvalue weighted by Gasteiger charge is -2.40. The maximum absolute atomic E-state index is 11.3. The summed E-state index contributed by atoms with van der Waals surface area (Å²) in [7, 11) is 3.99. The van der Waals surface area contributed by atoms with Crippen LogP contribution in [-0.2, 0) is 6.54 Å². The summed E-state index contributed by atoms with van der Waals surface area (Å²) >= 11 is 1.51. The molecule has 0 aliphatic carbocycles. The van der Waals surface area contributed by atoms with Crippen molar-refractivity contribution in [3.63, 3.8) is 0 Å². The highest BCUT2D eigenvalue weighted by atomic mass is 32.1. The standard InChI is InChI=1S/C15H24N2O2S/c1-12(18)14-7-13(9-20-14)8-17-6-4-5-15(19,11-17)10-16(2)3/h7,9,19H,4-6,8,10-11H2,1-3H3/t15-/m1/s1. The molecule has 0 radical (unpaired) electrons. The average molecular weight is 296 g/mol. The van der Waals surface area contributed by atoms with Crippen LogP contribution in [-0.4, -0.2) is 60.0 Å². The van der Waals surface area contributed by atoms with Crippen LogP contribution in [0.2, 0.25) is 0 Å². The second kappa shape index (κ2) is 6.35. The number of likely N-dealkylation sites (tertiary alicyclic amines) is 1. The summed E-state index contributed by atoms with van der Waals surface area (Å²) in [6, 6.07) is 1.98. The highest BCUT2D eigenvalue weighted by molar-refractivity contribution is 7.12. The van der Waals surface area contributed by atoms with E-state index in [9.17, 15) is 9.90 Å². The molecular weight excluding hydrogens is 272 g/mol. The number of hydrogen-bond donors (Lipinski definition) is 1. The van der Waals surface area contributed by atoms with Crippen LogP contribution in [0.1, 0.15) is 35.0 Å². The molecule has 0 bridgehead atoms. The van der Waals surface area contributed by atoms with Gasteiger partial charge in [0.2, 0.25) is 0 Å². The van der Waals surface area contributed by atoms with Gasteiger partial charge >= 0.3 is 0 Å². The Bertz CT molecular complexity index is 472. The van der Waals surface area contributed by atoms with Crippen molar-refractivity contribution in [2.45, 2.75) is 31.9 Å². The molecule has 1 N–H and O–H groups in total. The van der Waals surface area contributed by atoms with E-state index in [0.29, 0.717) is 13.1 Å². The van der Waals surface area contributed by atoms with Crippen molar-refractivity contribution in [2.75, 3.05) is 33.7 Å². The molecule has 0 spiro atoms. The molecule has 1 fully saturated rings. The number of aliphatic hydroxyl groups is 1. The van der Waals surface area contributed by atoms with Gasteiger partial charge in [-0.3, -0.25) is 9.69 Å². The van der Waals surface area contributed by atoms with Crippen molar-refractivity contribution in [3.05, 3.63) is 21.9 Å². The zero-order chi connectivity index (χ0) is 14.8. The van der Waals surface area contributed by atoms with Gasteiger partial charge in [0.05, 0.1) is 10.5 Å². The third kappa shape index (κ3) is 4.12. The molecule has 5 heteroatoms. The van der Waals surface area contributed by atoms with E-state index in [4.69, 9.17) is 0 Å². The van der Waals surface area contributed by atoms with Crippen molar-refractivity contribution in [1.82, 2.24) is 9.80 Å². The van der Waals surface area contributed by atoms with Gasteiger partial charge in [-0.15, -0.1) is 11.3 Å². The lowest BCUT2D eigenvalue weighted by molar-refractivity contribution is -0.0479. The highest BCUT2D eigenvalue weighted by Gasteiger charge is 2.33. The summed E-state index contributed by atoms with van der Waals surface area (Å²) in [5.74, 6) is 0.129. The largest absolute Gasteiger partial charge is 0.387 e. The van der Waals surface area contributed by atoms with Gasteiger partial charge in [-0.05, 0) is 57.4 Å². The van der Waals surface area contributed by atoms with Crippen LogP contribution in [0.4, 0.5) is 0 Å². The van der Waals surface area contributed by atoms with E-state index >= 15 is 0 Å². The normalized spacial score (nSPS) is 24.2. The van der Waals surface area contributed by atoms with Crippen LogP contribution in [0, 0.1) is 0 Å². The fraction of sp³-hybridized carbons (Fsp3) is 0.667. The number of ketones is 1. The van der Waals surface area contributed by atoms with Gasteiger partial charge in [-0.1, -0.05) is 0 Å². The minimum Gasteiger partial charge on any atom is -0.387 e. The Labute approximate surface area is 125 Å². The second-order valence-corrected chi connectivity index (χ2v) is 7.06. The number of β-amino-alcohol motifs (C(OH)–C–C–N with tert-alkyl or cyclic N) is 1. The first-order valence-corrected chi connectivity index (χ1v) is 7.94. The maximum Gasteiger partial charge on any atom is 0.169 e. The number of carbonyl (C=O) groups is 1. The van der Waals surface area contributed by atoms with Crippen molar-refractivity contribution in [3.8, 4) is 0 Å². The molecule has 0 aromatic carbocycles. The molecule has 2 rings (SSSR count). The number of hydrogen-bond acceptors (Lipinski definition) is 5. The minimum absolute atomic E-state index is 0.129. The first kappa shape index (κ1) is 15.6. The summed E-state index contributed by atoms with van der Waals surface area (Å²) in [6.45, 7) is 4.84. The van der Waals surface area contributed by atoms with Gasteiger partial charge in [0.15, 0.2) is 5.78 Å². The Balaban J connectivity index is 1.96. The van der Waals surface area contributed by atoms with Crippen LogP contribution in [0.15, 0.2) is 11.4 Å². The van der Waals surface area contributed by atoms with Gasteiger partial charge in [0.1, 0.15) is 0 Å². The molecule has 0 saturated carbocycles. The van der Waals surface area contributed by atoms with Crippen molar-refractivity contribution >= 4 is 17.1 Å². The lowest BCUT2D eigenvalue weighted by Crippen LogP contribution is -2.52. The Hall–Kier alpha value is -0.750. The Morgan fingerprint density at radius 3 is 2.90 bits per heavy atom. The molecule has 1 atom stereocenters. The predicted molar refractivity (Wildman–Crippen MR) is 82.3 cm³/mol. The lowest BCUT2D eigenvalue weighted by atomic mass is 9.92. The number of nitrogens with zero attached hydrogens (tertiary/aromatic N) is 2. The molecule has 2 heterocycles. The Morgan fingerprint density at radius 2 is 2.30 bits per heavy atom. The van der Waals surface area contributed by atoms with Crippen molar-refractivity contribution in [2.24, 2.45) is 0 Å². The number of thiophene rings is 1. The van der Waals surface area contributed by atoms with E-state index in [1.165, 1.54) is 16.9 Å². The van der Waals surface area contributed by atoms with Gasteiger partial charge in [0.25, 0.3) is 0 Å². The predicted octanol–water partition coefficient (Wildman–Crippen LogP) is 1.84. The fourth-order valence-corrected chi connectivity index (χ4v) is 3.77. The summed E-state index contributed by atoms with van der Waals surface area (Å²) in [5, 5.41) is 12.7. The monoisotopic (exact) mass is 296 g/mol. The van der Waals surface area contributed by atoms with Crippen LogP contribution < -0.4 is 0 Å². The number of Topliss-reactive ketones (excluding diaryl/α,β-unsaturated/α-hetero) is 1. The molecule has 4 nitrogen and oxygen atoms in total. The topological polar surface area (TPSA) is 43.8 Å². The van der Waals surface area contributed by atoms with E-state index < -0.39 is 5.60 Å². The molecule has 112 valence electrons. The van der Waals surface area contributed by atoms with Gasteiger partial charge < -0.3 is 10.0 Å². The van der Waals surface area contributed by atoms with Crippen molar-refractivity contribution in [1.29, 1.82) is 0 Å². The molecule has 1 aliphatic rings. The average Bonchev–Trinajstić information content (AvgIpc) is 2.75. The SMILES string of the molecule is CC(=O)c1cc(CN2CCC[C@@](O)(CN(C)C)C2)cs1. The first-order chi connectivity index (χ1) is 9.38. The third-order valence-corrected chi connectivity index (χ3v) is 4.73. The number of piperidine rings is 1. The maximum atomic E-state index is 11.3. The molecule has 20 heavy (non-hydrogen) atoms. The zero-order valence-electron chi connectivity index (χ0n) is 12.6. The van der Waals surface area contributed by atoms with Gasteiger partial charge in [-0.25, -0.2) is 0 Å². The van der Waals surface area contributed by atoms with Crippen molar-refractivity contribution < 1.29 is 9.90 Å². The summed E-state index contributed by atoms with van der Waals surface area (Å²) in [5.41, 5.74) is 0.565. The summed E-state index contributed by atoms with van der Waals surface area (Å²) in [6.07, 6.45) is 1.89. The highest BCUT2D eigenvalue weighted by Crippen LogP contribution is 2.24. The van der Waals surface area contributed by atoms with E-state index in [2.05, 4.69) is 10.3 Å². The molecule has 0 unspecified atom stereocenters. The Kier molecular flexibility index (Phi) is 4.96. The van der Waals surface area contributed by atoms with E-state index in [0.717, 1.165) is 30.8 Å². The molecule has 1 aromatic heterocycles. The van der Waals surface area contributed by atoms with Crippen LogP contribution in [0.25, 0.3) is 0 Å². The number of rotatable bonds is 5. The fourth-order valence-electron chi connectivity index (χ4n) is 2.96. The first-order valence-electron chi connectivity index (χ1n) is 7.06. The molecule has 1 aromatic rings.